The molecule has 6 nitrogen and oxygen atoms in total. The Hall–Kier alpha value is -1.79. The van der Waals surface area contributed by atoms with Gasteiger partial charge in [-0.1, -0.05) is 27.7 Å². The normalized spacial score (nSPS) is 36.1. The molecule has 6 heteroatoms. The number of rotatable bonds is 7. The Balaban J connectivity index is 2.29. The molecule has 1 aromatic carbocycles. The topological polar surface area (TPSA) is 74.0 Å². The molecule has 1 saturated heterocycles. The summed E-state index contributed by atoms with van der Waals surface area (Å²) >= 11 is 0. The predicted molar refractivity (Wildman–Crippen MR) is 118 cm³/mol. The van der Waals surface area contributed by atoms with E-state index < -0.39 is 42.9 Å². The largest absolute Gasteiger partial charge is 0.493 e. The molecular weight excluding hydrogens is 380 g/mol. The summed E-state index contributed by atoms with van der Waals surface area (Å²) in [5.74, 6) is -2.99. The lowest BCUT2D eigenvalue weighted by Gasteiger charge is -2.47. The van der Waals surface area contributed by atoms with E-state index in [1.807, 2.05) is 0 Å². The van der Waals surface area contributed by atoms with Crippen LogP contribution in [0.1, 0.15) is 65.9 Å². The maximum absolute atomic E-state index is 13.0. The van der Waals surface area contributed by atoms with Crippen LogP contribution in [0.15, 0.2) is 12.1 Å². The zero-order valence-corrected chi connectivity index (χ0v) is 18.7. The molecule has 0 spiro atoms. The monoisotopic (exact) mass is 424 g/mol. The molecule has 2 aliphatic rings. The molecule has 0 bridgehead atoms. The number of fused-ring (bicyclic) bond motifs is 3. The number of nitrogens with zero attached hydrogens (tertiary/aromatic N) is 1. The van der Waals surface area contributed by atoms with E-state index in [2.05, 4.69) is 0 Å². The second-order valence-electron chi connectivity index (χ2n) is 8.58. The summed E-state index contributed by atoms with van der Waals surface area (Å²) in [6, 6.07) is -0.269. The first-order valence-corrected chi connectivity index (χ1v) is 10.5. The van der Waals surface area contributed by atoms with Gasteiger partial charge >= 0.3 is 5.97 Å². The van der Waals surface area contributed by atoms with Gasteiger partial charge < -0.3 is 19.9 Å². The van der Waals surface area contributed by atoms with Crippen molar-refractivity contribution in [1.29, 1.82) is 0 Å². The Morgan fingerprint density at radius 1 is 1.27 bits per heavy atom. The molecule has 3 rings (SSSR count). The van der Waals surface area contributed by atoms with E-state index in [0.717, 1.165) is 4.90 Å². The highest BCUT2D eigenvalue weighted by molar-refractivity contribution is 5.76. The molecule has 0 radical (unpaired) electrons. The average molecular weight is 425 g/mol. The summed E-state index contributed by atoms with van der Waals surface area (Å²) in [5.41, 5.74) is 6.78. The van der Waals surface area contributed by atoms with E-state index in [4.69, 9.17) is 22.7 Å². The van der Waals surface area contributed by atoms with Gasteiger partial charge in [0.25, 0.3) is 0 Å². The van der Waals surface area contributed by atoms with E-state index >= 15 is 0 Å². The fourth-order valence-corrected chi connectivity index (χ4v) is 3.71. The number of hydrogen-bond donors (Lipinski definition) is 1. The summed E-state index contributed by atoms with van der Waals surface area (Å²) in [4.78, 5) is 14.1. The number of carbonyl (C=O) groups excluding carboxylic acids is 1. The molecular formula is C24H38N2O4. The van der Waals surface area contributed by atoms with Gasteiger partial charge in [-0.3, -0.25) is 9.69 Å². The van der Waals surface area contributed by atoms with Crippen molar-refractivity contribution in [1.82, 2.24) is 4.90 Å². The predicted octanol–water partition coefficient (Wildman–Crippen LogP) is 3.56. The van der Waals surface area contributed by atoms with Crippen molar-refractivity contribution >= 4 is 5.97 Å². The number of methoxy groups -OCH3 is 2. The Morgan fingerprint density at radius 3 is 2.53 bits per heavy atom. The third kappa shape index (κ3) is 4.75. The van der Waals surface area contributed by atoms with Crippen LogP contribution in [0.2, 0.25) is 0 Å². The zero-order valence-electron chi connectivity index (χ0n) is 24.7. The molecule has 1 aromatic rings. The third-order valence-electron chi connectivity index (χ3n) is 5.45. The number of esters is 1. The van der Waals surface area contributed by atoms with Gasteiger partial charge in [0.05, 0.1) is 15.6 Å². The van der Waals surface area contributed by atoms with Crippen LogP contribution < -0.4 is 15.2 Å². The first-order valence-electron chi connectivity index (χ1n) is 13.5. The van der Waals surface area contributed by atoms with Crippen LogP contribution in [-0.4, -0.2) is 50.3 Å². The maximum atomic E-state index is 13.0. The van der Waals surface area contributed by atoms with Gasteiger partial charge in [-0.05, 0) is 47.9 Å². The van der Waals surface area contributed by atoms with Crippen LogP contribution >= 0.6 is 0 Å². The molecule has 168 valence electrons. The summed E-state index contributed by atoms with van der Waals surface area (Å²) in [6.07, 6.45) is -4.39. The summed E-state index contributed by atoms with van der Waals surface area (Å²) < 4.78 is 72.1. The van der Waals surface area contributed by atoms with Crippen LogP contribution in [0.3, 0.4) is 0 Å². The summed E-state index contributed by atoms with van der Waals surface area (Å²) in [7, 11) is 2.90. The maximum Gasteiger partial charge on any atom is 0.323 e. The minimum Gasteiger partial charge on any atom is -0.493 e. The van der Waals surface area contributed by atoms with E-state index in [9.17, 15) is 10.3 Å². The molecule has 2 heterocycles. The average Bonchev–Trinajstić information content (AvgIpc) is 2.79. The van der Waals surface area contributed by atoms with Crippen molar-refractivity contribution in [2.75, 3.05) is 27.3 Å². The van der Waals surface area contributed by atoms with Crippen molar-refractivity contribution in [3.8, 4) is 11.5 Å². The first-order chi connectivity index (χ1) is 16.5. The van der Waals surface area contributed by atoms with Crippen molar-refractivity contribution in [2.24, 2.45) is 23.5 Å². The molecule has 0 saturated carbocycles. The van der Waals surface area contributed by atoms with E-state index in [-0.39, 0.29) is 36.1 Å². The van der Waals surface area contributed by atoms with Crippen molar-refractivity contribution in [3.63, 3.8) is 0 Å². The lowest BCUT2D eigenvalue weighted by molar-refractivity contribution is -0.160. The fraction of sp³-hybridized carbons (Fsp3) is 0.708. The van der Waals surface area contributed by atoms with Gasteiger partial charge in [0.2, 0.25) is 0 Å². The molecule has 1 fully saturated rings. The van der Waals surface area contributed by atoms with Crippen molar-refractivity contribution in [2.45, 2.75) is 65.1 Å². The third-order valence-corrected chi connectivity index (χ3v) is 5.45. The van der Waals surface area contributed by atoms with Crippen LogP contribution in [0.4, 0.5) is 0 Å². The van der Waals surface area contributed by atoms with Crippen LogP contribution in [0.5, 0.6) is 11.5 Å². The lowest BCUT2D eigenvalue weighted by Crippen LogP contribution is -2.51. The zero-order chi connectivity index (χ0) is 27.4. The van der Waals surface area contributed by atoms with Gasteiger partial charge in [0.1, 0.15) is 12.1 Å². The van der Waals surface area contributed by atoms with Crippen LogP contribution in [0, 0.1) is 17.7 Å². The summed E-state index contributed by atoms with van der Waals surface area (Å²) in [6.45, 7) is 4.49. The van der Waals surface area contributed by atoms with Crippen LogP contribution in [-0.2, 0) is 16.0 Å². The van der Waals surface area contributed by atoms with Gasteiger partial charge in [0, 0.05) is 38.2 Å². The second-order valence-corrected chi connectivity index (χ2v) is 8.58. The number of ether oxygens (including phenoxy) is 3. The van der Waals surface area contributed by atoms with Crippen LogP contribution in [0.25, 0.3) is 0 Å². The molecule has 0 aliphatic carbocycles. The Labute approximate surface area is 189 Å². The number of nitrogens with two attached hydrogens (primary N) is 1. The molecule has 30 heavy (non-hydrogen) atoms. The number of hydrogen-bond acceptors (Lipinski definition) is 6. The van der Waals surface area contributed by atoms with Gasteiger partial charge in [-0.25, -0.2) is 0 Å². The number of carbonyl (C=O) groups is 1. The van der Waals surface area contributed by atoms with Crippen molar-refractivity contribution < 1.29 is 27.2 Å². The molecule has 0 amide bonds. The molecule has 2 N–H and O–H groups in total. The fourth-order valence-electron chi connectivity index (χ4n) is 3.71. The highest BCUT2D eigenvalue weighted by Gasteiger charge is 2.41. The Bertz CT molecular complexity index is 1010. The standard InChI is InChI=1S/C24H38N2O4/c1-14(2)9-17-13-26-8-7-16-10-21(28-5)22(29-6)11-18(16)19(26)12-20(17)30-24(27)23(25)15(3)4/h10-11,14-15,17,19-20,23H,7-9,12-13,25H2,1-6H3/t17?,19?,20?,23-/m0/s1/i12D2,13D2,17D,19D. The Morgan fingerprint density at radius 2 is 1.93 bits per heavy atom. The highest BCUT2D eigenvalue weighted by atomic mass is 16.5. The first kappa shape index (κ1) is 15.9. The Kier molecular flexibility index (Phi) is 5.08. The van der Waals surface area contributed by atoms with E-state index in [1.54, 1.807) is 33.8 Å². The number of piperidine rings is 1. The SMILES string of the molecule is [2H]C1([2H])C(OC(=O)[C@@H](N)C(C)C)C([2H])(CC(C)C)C([2H])([2H])N2CCc3cc(OC)c(OC)cc3C21[2H]. The summed E-state index contributed by atoms with van der Waals surface area (Å²) in [5, 5.41) is 0. The van der Waals surface area contributed by atoms with Crippen molar-refractivity contribution in [3.05, 3.63) is 23.3 Å². The molecule has 2 aliphatic heterocycles. The molecule has 0 aromatic heterocycles. The quantitative estimate of drug-likeness (QED) is 0.675. The van der Waals surface area contributed by atoms with E-state index in [1.165, 1.54) is 20.3 Å². The minimum absolute atomic E-state index is 0.0105. The van der Waals surface area contributed by atoms with Gasteiger partial charge in [0.15, 0.2) is 11.5 Å². The second kappa shape index (κ2) is 9.56. The van der Waals surface area contributed by atoms with E-state index in [0.29, 0.717) is 17.7 Å². The number of benzene rings is 1. The molecule has 4 atom stereocenters. The van der Waals surface area contributed by atoms with Gasteiger partial charge in [-0.2, -0.15) is 0 Å². The lowest BCUT2D eigenvalue weighted by atomic mass is 9.79. The minimum atomic E-state index is -2.70. The molecule has 3 unspecified atom stereocenters. The smallest absolute Gasteiger partial charge is 0.323 e. The highest BCUT2D eigenvalue weighted by Crippen LogP contribution is 2.44. The van der Waals surface area contributed by atoms with Gasteiger partial charge in [-0.15, -0.1) is 0 Å².